The van der Waals surface area contributed by atoms with Crippen molar-refractivity contribution in [2.75, 3.05) is 39.1 Å². The molecule has 1 aliphatic carbocycles. The largest absolute Gasteiger partial charge is 0.381 e. The van der Waals surface area contributed by atoms with E-state index in [0.29, 0.717) is 19.0 Å². The van der Waals surface area contributed by atoms with E-state index in [2.05, 4.69) is 20.3 Å². The standard InChI is InChI=1S/C18H30N4O3S.HI/c1-19-18(20-10-5-12-25-15-17-8-9-17)21-11-13-26(23,24)22-14-16-6-3-2-4-7-16;/h2-4,6-7,17,22H,5,8-15H2,1H3,(H2,19,20,21);1H. The number of hydrogen-bond acceptors (Lipinski definition) is 4. The molecule has 1 aromatic carbocycles. The van der Waals surface area contributed by atoms with Crippen LogP contribution in [0.5, 0.6) is 0 Å². The van der Waals surface area contributed by atoms with Gasteiger partial charge in [0.15, 0.2) is 5.96 Å². The molecule has 154 valence electrons. The number of hydrogen-bond donors (Lipinski definition) is 3. The number of nitrogens with one attached hydrogen (secondary N) is 3. The lowest BCUT2D eigenvalue weighted by atomic mass is 10.2. The Morgan fingerprint density at radius 1 is 1.19 bits per heavy atom. The first kappa shape index (κ1) is 24.1. The van der Waals surface area contributed by atoms with E-state index in [4.69, 9.17) is 4.74 Å². The molecule has 1 saturated carbocycles. The Labute approximate surface area is 179 Å². The van der Waals surface area contributed by atoms with Crippen LogP contribution in [0.2, 0.25) is 0 Å². The average molecular weight is 510 g/mol. The van der Waals surface area contributed by atoms with Gasteiger partial charge in [0.05, 0.1) is 5.75 Å². The Morgan fingerprint density at radius 2 is 1.89 bits per heavy atom. The van der Waals surface area contributed by atoms with Crippen molar-refractivity contribution < 1.29 is 13.2 Å². The van der Waals surface area contributed by atoms with Gasteiger partial charge in [-0.15, -0.1) is 24.0 Å². The van der Waals surface area contributed by atoms with E-state index in [1.807, 2.05) is 30.3 Å². The highest BCUT2D eigenvalue weighted by atomic mass is 127. The van der Waals surface area contributed by atoms with Gasteiger partial charge in [0.2, 0.25) is 10.0 Å². The van der Waals surface area contributed by atoms with E-state index in [9.17, 15) is 8.42 Å². The first-order valence-electron chi connectivity index (χ1n) is 9.12. The lowest BCUT2D eigenvalue weighted by molar-refractivity contribution is 0.123. The summed E-state index contributed by atoms with van der Waals surface area (Å²) in [6.45, 7) is 2.95. The first-order chi connectivity index (χ1) is 12.6. The van der Waals surface area contributed by atoms with Gasteiger partial charge in [0.1, 0.15) is 0 Å². The molecule has 0 radical (unpaired) electrons. The van der Waals surface area contributed by atoms with Crippen LogP contribution >= 0.6 is 24.0 Å². The Balaban J connectivity index is 0.00000364. The number of halogens is 1. The van der Waals surface area contributed by atoms with Crippen LogP contribution in [0.4, 0.5) is 0 Å². The summed E-state index contributed by atoms with van der Waals surface area (Å²) >= 11 is 0. The van der Waals surface area contributed by atoms with Gasteiger partial charge < -0.3 is 15.4 Å². The maximum Gasteiger partial charge on any atom is 0.213 e. The van der Waals surface area contributed by atoms with E-state index >= 15 is 0 Å². The first-order valence-corrected chi connectivity index (χ1v) is 10.8. The summed E-state index contributed by atoms with van der Waals surface area (Å²) in [7, 11) is -1.67. The topological polar surface area (TPSA) is 91.8 Å². The van der Waals surface area contributed by atoms with E-state index in [1.165, 1.54) is 12.8 Å². The molecule has 0 bridgehead atoms. The molecule has 0 saturated heterocycles. The second-order valence-electron chi connectivity index (χ2n) is 6.42. The third-order valence-corrected chi connectivity index (χ3v) is 5.36. The SMILES string of the molecule is CN=C(NCCCOCC1CC1)NCCS(=O)(=O)NCc1ccccc1.I. The number of sulfonamides is 1. The van der Waals surface area contributed by atoms with Crippen LogP contribution in [0, 0.1) is 5.92 Å². The number of nitrogens with zero attached hydrogens (tertiary/aromatic N) is 1. The lowest BCUT2D eigenvalue weighted by Crippen LogP contribution is -2.41. The molecule has 3 N–H and O–H groups in total. The molecular weight excluding hydrogens is 479 g/mol. The normalized spacial score (nSPS) is 14.5. The van der Waals surface area contributed by atoms with Gasteiger partial charge in [-0.1, -0.05) is 30.3 Å². The Morgan fingerprint density at radius 3 is 2.56 bits per heavy atom. The molecule has 7 nitrogen and oxygen atoms in total. The van der Waals surface area contributed by atoms with Crippen molar-refractivity contribution in [1.82, 2.24) is 15.4 Å². The molecule has 0 aromatic heterocycles. The van der Waals surface area contributed by atoms with Crippen molar-refractivity contribution in [1.29, 1.82) is 0 Å². The number of rotatable bonds is 12. The number of benzene rings is 1. The maximum atomic E-state index is 12.0. The summed E-state index contributed by atoms with van der Waals surface area (Å²) in [4.78, 5) is 4.10. The van der Waals surface area contributed by atoms with Crippen LogP contribution in [-0.2, 0) is 21.3 Å². The molecule has 1 fully saturated rings. The maximum absolute atomic E-state index is 12.0. The second-order valence-corrected chi connectivity index (χ2v) is 8.35. The summed E-state index contributed by atoms with van der Waals surface area (Å²) in [5, 5.41) is 6.18. The molecule has 9 heteroatoms. The molecular formula is C18H31IN4O3S. The molecule has 1 aliphatic rings. The van der Waals surface area contributed by atoms with Gasteiger partial charge in [-0.2, -0.15) is 0 Å². The Kier molecular flexibility index (Phi) is 11.9. The third kappa shape index (κ3) is 11.5. The van der Waals surface area contributed by atoms with E-state index in [0.717, 1.165) is 37.7 Å². The van der Waals surface area contributed by atoms with Crippen molar-refractivity contribution in [3.8, 4) is 0 Å². The fraction of sp³-hybridized carbons (Fsp3) is 0.611. The van der Waals surface area contributed by atoms with Crippen molar-refractivity contribution >= 4 is 40.0 Å². The minimum absolute atomic E-state index is 0. The number of guanidine groups is 1. The molecule has 0 aliphatic heterocycles. The minimum Gasteiger partial charge on any atom is -0.381 e. The van der Waals surface area contributed by atoms with E-state index in [-0.39, 0.29) is 29.7 Å². The van der Waals surface area contributed by atoms with Gasteiger partial charge in [-0.3, -0.25) is 4.99 Å². The summed E-state index contributed by atoms with van der Waals surface area (Å²) in [6.07, 6.45) is 3.50. The van der Waals surface area contributed by atoms with Gasteiger partial charge in [0, 0.05) is 39.9 Å². The highest BCUT2D eigenvalue weighted by Crippen LogP contribution is 2.28. The van der Waals surface area contributed by atoms with Gasteiger partial charge >= 0.3 is 0 Å². The predicted octanol–water partition coefficient (Wildman–Crippen LogP) is 1.71. The molecule has 0 spiro atoms. The van der Waals surface area contributed by atoms with Gasteiger partial charge in [0.25, 0.3) is 0 Å². The molecule has 0 unspecified atom stereocenters. The van der Waals surface area contributed by atoms with Gasteiger partial charge in [-0.25, -0.2) is 13.1 Å². The van der Waals surface area contributed by atoms with Crippen LogP contribution in [0.1, 0.15) is 24.8 Å². The third-order valence-electron chi connectivity index (χ3n) is 4.03. The summed E-state index contributed by atoms with van der Waals surface area (Å²) < 4.78 is 32.3. The van der Waals surface area contributed by atoms with Crippen molar-refractivity contribution in [3.63, 3.8) is 0 Å². The number of aliphatic imine (C=N–C) groups is 1. The number of ether oxygens (including phenoxy) is 1. The van der Waals surface area contributed by atoms with Crippen molar-refractivity contribution in [3.05, 3.63) is 35.9 Å². The van der Waals surface area contributed by atoms with E-state index in [1.54, 1.807) is 7.05 Å². The van der Waals surface area contributed by atoms with Crippen molar-refractivity contribution in [2.24, 2.45) is 10.9 Å². The monoisotopic (exact) mass is 510 g/mol. The Bertz CT molecular complexity index is 652. The average Bonchev–Trinajstić information content (AvgIpc) is 3.46. The van der Waals surface area contributed by atoms with Gasteiger partial charge in [-0.05, 0) is 30.7 Å². The molecule has 27 heavy (non-hydrogen) atoms. The highest BCUT2D eigenvalue weighted by molar-refractivity contribution is 14.0. The van der Waals surface area contributed by atoms with Crippen LogP contribution < -0.4 is 15.4 Å². The highest BCUT2D eigenvalue weighted by Gasteiger charge is 2.20. The summed E-state index contributed by atoms with van der Waals surface area (Å²) in [5.41, 5.74) is 0.936. The zero-order valence-electron chi connectivity index (χ0n) is 15.8. The minimum atomic E-state index is -3.33. The van der Waals surface area contributed by atoms with Crippen LogP contribution in [0.25, 0.3) is 0 Å². The van der Waals surface area contributed by atoms with Crippen LogP contribution in [-0.4, -0.2) is 53.5 Å². The Hall–Kier alpha value is -0.910. The van der Waals surface area contributed by atoms with Crippen LogP contribution in [0.15, 0.2) is 35.3 Å². The molecule has 2 rings (SSSR count). The molecule has 0 heterocycles. The van der Waals surface area contributed by atoms with Crippen molar-refractivity contribution in [2.45, 2.75) is 25.8 Å². The molecule has 1 aromatic rings. The van der Waals surface area contributed by atoms with Crippen LogP contribution in [0.3, 0.4) is 0 Å². The molecule has 0 amide bonds. The zero-order valence-corrected chi connectivity index (χ0v) is 19.0. The summed E-state index contributed by atoms with van der Waals surface area (Å²) in [5.74, 6) is 1.38. The second kappa shape index (κ2) is 13.3. The fourth-order valence-electron chi connectivity index (χ4n) is 2.30. The smallest absolute Gasteiger partial charge is 0.213 e. The van der Waals surface area contributed by atoms with E-state index < -0.39 is 10.0 Å². The predicted molar refractivity (Wildman–Crippen MR) is 120 cm³/mol. The fourth-order valence-corrected chi connectivity index (χ4v) is 3.20. The quantitative estimate of drug-likeness (QED) is 0.172. The molecule has 0 atom stereocenters. The lowest BCUT2D eigenvalue weighted by Gasteiger charge is -2.12. The zero-order chi connectivity index (χ0) is 18.7. The summed E-state index contributed by atoms with van der Waals surface area (Å²) in [6, 6.07) is 9.46.